The van der Waals surface area contributed by atoms with E-state index in [1.54, 1.807) is 26.5 Å². The summed E-state index contributed by atoms with van der Waals surface area (Å²) in [5.74, 6) is 1.85. The summed E-state index contributed by atoms with van der Waals surface area (Å²) in [5.41, 5.74) is 4.20. The van der Waals surface area contributed by atoms with Crippen molar-refractivity contribution in [2.75, 3.05) is 14.2 Å². The topological polar surface area (TPSA) is 69.2 Å². The van der Waals surface area contributed by atoms with Crippen molar-refractivity contribution in [3.8, 4) is 17.2 Å². The molecule has 1 amide bonds. The summed E-state index contributed by atoms with van der Waals surface area (Å²) in [4.78, 5) is 12.0. The first-order valence-corrected chi connectivity index (χ1v) is 8.31. The van der Waals surface area contributed by atoms with Crippen molar-refractivity contribution < 1.29 is 19.0 Å². The lowest BCUT2D eigenvalue weighted by atomic mass is 10.1. The number of amides is 1. The van der Waals surface area contributed by atoms with Crippen LogP contribution >= 0.6 is 0 Å². The average molecular weight is 356 g/mol. The Morgan fingerprint density at radius 2 is 1.81 bits per heavy atom. The Bertz CT molecular complexity index is 755. The van der Waals surface area contributed by atoms with Crippen LogP contribution in [0.1, 0.15) is 25.0 Å². The van der Waals surface area contributed by atoms with Crippen molar-refractivity contribution >= 4 is 12.1 Å². The van der Waals surface area contributed by atoms with Gasteiger partial charge in [0.1, 0.15) is 5.75 Å². The smallest absolute Gasteiger partial charge is 0.244 e. The number of hydrazone groups is 1. The highest BCUT2D eigenvalue weighted by Gasteiger charge is 2.07. The summed E-state index contributed by atoms with van der Waals surface area (Å²) in [7, 11) is 3.19. The summed E-state index contributed by atoms with van der Waals surface area (Å²) in [6, 6.07) is 12.8. The number of nitrogens with zero attached hydrogens (tertiary/aromatic N) is 1. The Kier molecular flexibility index (Phi) is 7.02. The summed E-state index contributed by atoms with van der Waals surface area (Å²) in [6.07, 6.45) is 1.86. The Hall–Kier alpha value is -3.02. The van der Waals surface area contributed by atoms with Crippen LogP contribution in [0.3, 0.4) is 0 Å². The number of hydrogen-bond donors (Lipinski definition) is 1. The first-order valence-electron chi connectivity index (χ1n) is 8.31. The van der Waals surface area contributed by atoms with Crippen LogP contribution in [0.25, 0.3) is 0 Å². The third-order valence-corrected chi connectivity index (χ3v) is 3.48. The van der Waals surface area contributed by atoms with Gasteiger partial charge in [0.2, 0.25) is 5.91 Å². The van der Waals surface area contributed by atoms with E-state index in [1.165, 1.54) is 0 Å². The number of benzene rings is 2. The van der Waals surface area contributed by atoms with Crippen molar-refractivity contribution in [1.29, 1.82) is 0 Å². The van der Waals surface area contributed by atoms with Crippen molar-refractivity contribution in [2.45, 2.75) is 26.4 Å². The van der Waals surface area contributed by atoms with Crippen molar-refractivity contribution in [3.05, 3.63) is 53.6 Å². The van der Waals surface area contributed by atoms with Crippen LogP contribution in [0.15, 0.2) is 47.6 Å². The van der Waals surface area contributed by atoms with Gasteiger partial charge in [0.25, 0.3) is 0 Å². The van der Waals surface area contributed by atoms with Gasteiger partial charge in [-0.15, -0.1) is 0 Å². The summed E-state index contributed by atoms with van der Waals surface area (Å²) < 4.78 is 16.1. The largest absolute Gasteiger partial charge is 0.497 e. The van der Waals surface area contributed by atoms with E-state index >= 15 is 0 Å². The molecule has 26 heavy (non-hydrogen) atoms. The van der Waals surface area contributed by atoms with Gasteiger partial charge in [-0.3, -0.25) is 4.79 Å². The molecule has 0 aliphatic heterocycles. The number of ether oxygens (including phenoxy) is 3. The molecule has 0 bridgehead atoms. The minimum absolute atomic E-state index is 0.0562. The molecule has 0 aliphatic carbocycles. The lowest BCUT2D eigenvalue weighted by Crippen LogP contribution is -2.19. The standard InChI is InChI=1S/C20H24N2O4/c1-14(2)26-18-10-7-16(11-19(18)25-4)13-21-22-20(23)12-15-5-8-17(24-3)9-6-15/h5-11,13-14H,12H2,1-4H3,(H,22,23)/b21-13-. The van der Waals surface area contributed by atoms with E-state index in [2.05, 4.69) is 10.5 Å². The fraction of sp³-hybridized carbons (Fsp3) is 0.300. The number of carbonyl (C=O) groups is 1. The van der Waals surface area contributed by atoms with Gasteiger partial charge in [0, 0.05) is 0 Å². The molecule has 0 aliphatic rings. The van der Waals surface area contributed by atoms with Crippen LogP contribution < -0.4 is 19.6 Å². The maximum atomic E-state index is 12.0. The zero-order valence-corrected chi connectivity index (χ0v) is 15.5. The van der Waals surface area contributed by atoms with E-state index in [-0.39, 0.29) is 18.4 Å². The third-order valence-electron chi connectivity index (χ3n) is 3.48. The zero-order chi connectivity index (χ0) is 18.9. The van der Waals surface area contributed by atoms with Gasteiger partial charge >= 0.3 is 0 Å². The van der Waals surface area contributed by atoms with E-state index in [0.29, 0.717) is 11.5 Å². The highest BCUT2D eigenvalue weighted by atomic mass is 16.5. The molecule has 0 saturated carbocycles. The minimum Gasteiger partial charge on any atom is -0.497 e. The van der Waals surface area contributed by atoms with Gasteiger partial charge < -0.3 is 14.2 Å². The molecule has 0 aromatic heterocycles. The van der Waals surface area contributed by atoms with Crippen molar-refractivity contribution in [1.82, 2.24) is 5.43 Å². The van der Waals surface area contributed by atoms with E-state index in [1.807, 2.05) is 50.2 Å². The summed E-state index contributed by atoms with van der Waals surface area (Å²) in [5, 5.41) is 3.99. The Morgan fingerprint density at radius 3 is 2.42 bits per heavy atom. The molecule has 0 fully saturated rings. The number of hydrogen-bond acceptors (Lipinski definition) is 5. The number of methoxy groups -OCH3 is 2. The number of carbonyl (C=O) groups excluding carboxylic acids is 1. The second-order valence-corrected chi connectivity index (χ2v) is 5.89. The second kappa shape index (κ2) is 9.46. The second-order valence-electron chi connectivity index (χ2n) is 5.89. The quantitative estimate of drug-likeness (QED) is 0.583. The van der Waals surface area contributed by atoms with Crippen LogP contribution in [-0.4, -0.2) is 32.4 Å². The van der Waals surface area contributed by atoms with Crippen LogP contribution in [0.2, 0.25) is 0 Å². The molecule has 1 N–H and O–H groups in total. The monoisotopic (exact) mass is 356 g/mol. The van der Waals surface area contributed by atoms with E-state index in [0.717, 1.165) is 16.9 Å². The van der Waals surface area contributed by atoms with Crippen LogP contribution in [0, 0.1) is 0 Å². The third kappa shape index (κ3) is 5.81. The van der Waals surface area contributed by atoms with Gasteiger partial charge in [-0.1, -0.05) is 12.1 Å². The maximum absolute atomic E-state index is 12.0. The molecule has 2 rings (SSSR count). The lowest BCUT2D eigenvalue weighted by molar-refractivity contribution is -0.120. The highest BCUT2D eigenvalue weighted by Crippen LogP contribution is 2.28. The van der Waals surface area contributed by atoms with Crippen molar-refractivity contribution in [2.24, 2.45) is 5.10 Å². The van der Waals surface area contributed by atoms with Crippen LogP contribution in [0.4, 0.5) is 0 Å². The van der Waals surface area contributed by atoms with Crippen molar-refractivity contribution in [3.63, 3.8) is 0 Å². The van der Waals surface area contributed by atoms with E-state index in [9.17, 15) is 4.79 Å². The lowest BCUT2D eigenvalue weighted by Gasteiger charge is -2.13. The Balaban J connectivity index is 1.93. The fourth-order valence-corrected chi connectivity index (χ4v) is 2.26. The molecule has 0 heterocycles. The predicted octanol–water partition coefficient (Wildman–Crippen LogP) is 3.18. The van der Waals surface area contributed by atoms with Crippen LogP contribution in [0.5, 0.6) is 17.2 Å². The predicted molar refractivity (Wildman–Crippen MR) is 101 cm³/mol. The molecular weight excluding hydrogens is 332 g/mol. The average Bonchev–Trinajstić information content (AvgIpc) is 2.63. The first kappa shape index (κ1) is 19.3. The Morgan fingerprint density at radius 1 is 1.08 bits per heavy atom. The van der Waals surface area contributed by atoms with Gasteiger partial charge in [-0.2, -0.15) is 5.10 Å². The molecule has 0 spiro atoms. The SMILES string of the molecule is COc1ccc(CC(=O)N/N=C\c2ccc(OC(C)C)c(OC)c2)cc1. The molecule has 0 radical (unpaired) electrons. The van der Waals surface area contributed by atoms with Gasteiger partial charge in [0.05, 0.1) is 33.0 Å². The molecule has 0 atom stereocenters. The first-order chi connectivity index (χ1) is 12.5. The molecule has 6 heteroatoms. The molecule has 0 saturated heterocycles. The van der Waals surface area contributed by atoms with Gasteiger partial charge in [-0.05, 0) is 55.3 Å². The summed E-state index contributed by atoms with van der Waals surface area (Å²) in [6.45, 7) is 3.90. The molecule has 2 aromatic carbocycles. The molecule has 6 nitrogen and oxygen atoms in total. The van der Waals surface area contributed by atoms with Gasteiger partial charge in [-0.25, -0.2) is 5.43 Å². The molecule has 138 valence electrons. The minimum atomic E-state index is -0.196. The fourth-order valence-electron chi connectivity index (χ4n) is 2.26. The maximum Gasteiger partial charge on any atom is 0.244 e. The molecule has 0 unspecified atom stereocenters. The zero-order valence-electron chi connectivity index (χ0n) is 15.5. The highest BCUT2D eigenvalue weighted by molar-refractivity contribution is 5.84. The summed E-state index contributed by atoms with van der Waals surface area (Å²) >= 11 is 0. The normalized spacial score (nSPS) is 10.8. The Labute approximate surface area is 153 Å². The molecular formula is C20H24N2O4. The molecule has 2 aromatic rings. The number of rotatable bonds is 8. The van der Waals surface area contributed by atoms with E-state index < -0.39 is 0 Å². The van der Waals surface area contributed by atoms with Crippen LogP contribution in [-0.2, 0) is 11.2 Å². The van der Waals surface area contributed by atoms with E-state index in [4.69, 9.17) is 14.2 Å². The van der Waals surface area contributed by atoms with Gasteiger partial charge in [0.15, 0.2) is 11.5 Å². The number of nitrogens with one attached hydrogen (secondary N) is 1.